The van der Waals surface area contributed by atoms with Crippen molar-refractivity contribution in [2.75, 3.05) is 12.5 Å². The van der Waals surface area contributed by atoms with Crippen LogP contribution in [0.15, 0.2) is 6.07 Å². The van der Waals surface area contributed by atoms with Crippen molar-refractivity contribution in [3.05, 3.63) is 17.6 Å². The van der Waals surface area contributed by atoms with Crippen molar-refractivity contribution in [3.63, 3.8) is 0 Å². The number of hydrogen-bond acceptors (Lipinski definition) is 5. The van der Waals surface area contributed by atoms with Crippen molar-refractivity contribution in [3.8, 4) is 0 Å². The molecule has 0 atom stereocenters. The van der Waals surface area contributed by atoms with Gasteiger partial charge in [0.15, 0.2) is 5.82 Å². The summed E-state index contributed by atoms with van der Waals surface area (Å²) in [6.07, 6.45) is 4.28. The Morgan fingerprint density at radius 1 is 1.33 bits per heavy atom. The van der Waals surface area contributed by atoms with E-state index in [1.165, 1.54) is 0 Å². The van der Waals surface area contributed by atoms with Gasteiger partial charge in [0.1, 0.15) is 11.4 Å². The molecule has 100 valence electrons. The Morgan fingerprint density at radius 3 is 2.50 bits per heavy atom. The molecule has 0 aliphatic heterocycles. The second-order valence-electron chi connectivity index (χ2n) is 5.21. The lowest BCUT2D eigenvalue weighted by Gasteiger charge is -2.26. The Balaban J connectivity index is 2.45. The van der Waals surface area contributed by atoms with E-state index in [1.807, 2.05) is 6.07 Å². The minimum absolute atomic E-state index is 0.323. The Labute approximate surface area is 108 Å². The zero-order valence-electron chi connectivity index (χ0n) is 11.4. The third-order valence-corrected chi connectivity index (χ3v) is 3.69. The molecule has 1 fully saturated rings. The van der Waals surface area contributed by atoms with E-state index in [2.05, 4.69) is 29.2 Å². The largest absolute Gasteiger partial charge is 0.370 e. The number of nitrogens with zero attached hydrogens (tertiary/aromatic N) is 2. The molecule has 0 spiro atoms. The van der Waals surface area contributed by atoms with Gasteiger partial charge in [-0.05, 0) is 31.6 Å². The van der Waals surface area contributed by atoms with Crippen LogP contribution in [0.1, 0.15) is 57.0 Å². The molecule has 1 aromatic heterocycles. The molecule has 0 radical (unpaired) electrons. The minimum atomic E-state index is -0.323. The number of anilines is 1. The number of nitrogens with one attached hydrogen (secondary N) is 1. The number of rotatable bonds is 4. The summed E-state index contributed by atoms with van der Waals surface area (Å²) in [7, 11) is 1.74. The summed E-state index contributed by atoms with van der Waals surface area (Å²) in [5.41, 5.74) is 3.29. The van der Waals surface area contributed by atoms with Gasteiger partial charge in [-0.15, -0.1) is 0 Å². The SMILES string of the molecule is COC1(c2nc(NN)cc(C(C)C)n2)CCCC1. The summed E-state index contributed by atoms with van der Waals surface area (Å²) in [6, 6.07) is 1.90. The lowest BCUT2D eigenvalue weighted by atomic mass is 10.00. The Bertz CT molecular complexity index is 413. The summed E-state index contributed by atoms with van der Waals surface area (Å²) in [6.45, 7) is 4.22. The molecule has 18 heavy (non-hydrogen) atoms. The van der Waals surface area contributed by atoms with E-state index in [1.54, 1.807) is 7.11 Å². The van der Waals surface area contributed by atoms with Crippen molar-refractivity contribution in [1.29, 1.82) is 0 Å². The molecule has 2 rings (SSSR count). The fourth-order valence-corrected chi connectivity index (χ4v) is 2.50. The first-order valence-corrected chi connectivity index (χ1v) is 6.52. The van der Waals surface area contributed by atoms with E-state index < -0.39 is 0 Å². The number of aromatic nitrogens is 2. The molecule has 1 aliphatic rings. The van der Waals surface area contributed by atoms with Crippen LogP contribution in [0, 0.1) is 0 Å². The predicted molar refractivity (Wildman–Crippen MR) is 71.1 cm³/mol. The van der Waals surface area contributed by atoms with Crippen molar-refractivity contribution in [2.24, 2.45) is 5.84 Å². The molecule has 0 bridgehead atoms. The number of nitrogens with two attached hydrogens (primary N) is 1. The van der Waals surface area contributed by atoms with Gasteiger partial charge in [0.25, 0.3) is 0 Å². The second-order valence-corrected chi connectivity index (χ2v) is 5.21. The highest BCUT2D eigenvalue weighted by Gasteiger charge is 2.39. The van der Waals surface area contributed by atoms with E-state index in [-0.39, 0.29) is 5.60 Å². The van der Waals surface area contributed by atoms with E-state index in [0.29, 0.717) is 11.7 Å². The average molecular weight is 250 g/mol. The van der Waals surface area contributed by atoms with Crippen LogP contribution in [0.5, 0.6) is 0 Å². The van der Waals surface area contributed by atoms with Crippen molar-refractivity contribution < 1.29 is 4.74 Å². The summed E-state index contributed by atoms with van der Waals surface area (Å²) in [4.78, 5) is 9.16. The van der Waals surface area contributed by atoms with Crippen LogP contribution in [-0.2, 0) is 10.3 Å². The first kappa shape index (κ1) is 13.2. The average Bonchev–Trinajstić information content (AvgIpc) is 2.88. The van der Waals surface area contributed by atoms with E-state index >= 15 is 0 Å². The van der Waals surface area contributed by atoms with Crippen LogP contribution in [0.25, 0.3) is 0 Å². The standard InChI is InChI=1S/C13H22N4O/c1-9(2)10-8-11(17-14)16-12(15-10)13(18-3)6-4-5-7-13/h8-9H,4-7,14H2,1-3H3,(H,15,16,17). The molecule has 1 aromatic rings. The number of ether oxygens (including phenoxy) is 1. The molecule has 3 N–H and O–H groups in total. The molecule has 0 aromatic carbocycles. The van der Waals surface area contributed by atoms with E-state index in [0.717, 1.165) is 37.2 Å². The zero-order valence-corrected chi connectivity index (χ0v) is 11.4. The zero-order chi connectivity index (χ0) is 13.2. The molecule has 1 saturated carbocycles. The molecular weight excluding hydrogens is 228 g/mol. The fourth-order valence-electron chi connectivity index (χ4n) is 2.50. The smallest absolute Gasteiger partial charge is 0.162 e. The Morgan fingerprint density at radius 2 is 2.00 bits per heavy atom. The van der Waals surface area contributed by atoms with E-state index in [4.69, 9.17) is 10.6 Å². The molecule has 5 heteroatoms. The highest BCUT2D eigenvalue weighted by atomic mass is 16.5. The fraction of sp³-hybridized carbons (Fsp3) is 0.692. The topological polar surface area (TPSA) is 73.1 Å². The molecule has 1 heterocycles. The number of methoxy groups -OCH3 is 1. The third-order valence-electron chi connectivity index (χ3n) is 3.69. The summed E-state index contributed by atoms with van der Waals surface area (Å²) >= 11 is 0. The van der Waals surface area contributed by atoms with Gasteiger partial charge in [-0.25, -0.2) is 15.8 Å². The molecule has 0 amide bonds. The van der Waals surface area contributed by atoms with Crippen LogP contribution in [0.2, 0.25) is 0 Å². The molecule has 5 nitrogen and oxygen atoms in total. The predicted octanol–water partition coefficient (Wildman–Crippen LogP) is 2.30. The molecule has 0 unspecified atom stereocenters. The summed E-state index contributed by atoms with van der Waals surface area (Å²) < 4.78 is 5.73. The van der Waals surface area contributed by atoms with Crippen LogP contribution >= 0.6 is 0 Å². The Hall–Kier alpha value is -1.20. The van der Waals surface area contributed by atoms with Gasteiger partial charge in [-0.2, -0.15) is 0 Å². The monoisotopic (exact) mass is 250 g/mol. The van der Waals surface area contributed by atoms with Crippen molar-refractivity contribution >= 4 is 5.82 Å². The van der Waals surface area contributed by atoms with Crippen LogP contribution in [0.3, 0.4) is 0 Å². The Kier molecular flexibility index (Phi) is 3.82. The number of hydrogen-bond donors (Lipinski definition) is 2. The molecule has 0 saturated heterocycles. The van der Waals surface area contributed by atoms with Gasteiger partial charge >= 0.3 is 0 Å². The van der Waals surface area contributed by atoms with Crippen LogP contribution < -0.4 is 11.3 Å². The lowest BCUT2D eigenvalue weighted by Crippen LogP contribution is -2.28. The molecule has 1 aliphatic carbocycles. The lowest BCUT2D eigenvalue weighted by molar-refractivity contribution is -0.0163. The summed E-state index contributed by atoms with van der Waals surface area (Å²) in [5, 5.41) is 0. The maximum atomic E-state index is 5.73. The first-order valence-electron chi connectivity index (χ1n) is 6.52. The quantitative estimate of drug-likeness (QED) is 0.633. The summed E-state index contributed by atoms with van der Waals surface area (Å²) in [5.74, 6) is 7.26. The maximum absolute atomic E-state index is 5.73. The normalized spacial score (nSPS) is 18.3. The number of hydrazine groups is 1. The van der Waals surface area contributed by atoms with Crippen molar-refractivity contribution in [2.45, 2.75) is 51.0 Å². The van der Waals surface area contributed by atoms with Crippen LogP contribution in [0.4, 0.5) is 5.82 Å². The highest BCUT2D eigenvalue weighted by molar-refractivity contribution is 5.36. The van der Waals surface area contributed by atoms with Crippen LogP contribution in [-0.4, -0.2) is 17.1 Å². The van der Waals surface area contributed by atoms with Crippen molar-refractivity contribution in [1.82, 2.24) is 9.97 Å². The van der Waals surface area contributed by atoms with Gasteiger partial charge in [0.05, 0.1) is 0 Å². The van der Waals surface area contributed by atoms with Gasteiger partial charge in [0, 0.05) is 18.9 Å². The first-order chi connectivity index (χ1) is 8.61. The second kappa shape index (κ2) is 5.20. The molecular formula is C13H22N4O. The third kappa shape index (κ3) is 2.33. The maximum Gasteiger partial charge on any atom is 0.162 e. The van der Waals surface area contributed by atoms with Gasteiger partial charge in [0.2, 0.25) is 0 Å². The highest BCUT2D eigenvalue weighted by Crippen LogP contribution is 2.40. The van der Waals surface area contributed by atoms with Gasteiger partial charge in [-0.3, -0.25) is 0 Å². The van der Waals surface area contributed by atoms with E-state index in [9.17, 15) is 0 Å². The number of nitrogen functional groups attached to an aromatic ring is 1. The minimum Gasteiger partial charge on any atom is -0.370 e. The van der Waals surface area contributed by atoms with Gasteiger partial charge in [-0.1, -0.05) is 13.8 Å². The van der Waals surface area contributed by atoms with Gasteiger partial charge < -0.3 is 10.2 Å².